The van der Waals surface area contributed by atoms with Crippen LogP contribution in [0.25, 0.3) is 0 Å². The van der Waals surface area contributed by atoms with Crippen molar-refractivity contribution >= 4 is 11.6 Å². The molecule has 3 nitrogen and oxygen atoms in total. The summed E-state index contributed by atoms with van der Waals surface area (Å²) >= 11 is 0. The number of hydrogen-bond acceptors (Lipinski definition) is 3. The van der Waals surface area contributed by atoms with E-state index in [1.807, 2.05) is 6.92 Å². The molecule has 1 unspecified atom stereocenters. The molecule has 16 heavy (non-hydrogen) atoms. The van der Waals surface area contributed by atoms with Gasteiger partial charge in [0.05, 0.1) is 0 Å². The van der Waals surface area contributed by atoms with E-state index in [1.54, 1.807) is 0 Å². The van der Waals surface area contributed by atoms with Crippen molar-refractivity contribution < 1.29 is 8.78 Å². The molecule has 0 spiro atoms. The van der Waals surface area contributed by atoms with Gasteiger partial charge in [-0.15, -0.1) is 0 Å². The molecule has 1 atom stereocenters. The summed E-state index contributed by atoms with van der Waals surface area (Å²) in [4.78, 5) is 3.62. The third kappa shape index (κ3) is 3.05. The number of nitrogens with zero attached hydrogens (tertiary/aromatic N) is 1. The lowest BCUT2D eigenvalue weighted by molar-refractivity contribution is 0.438. The molecule has 1 heterocycles. The lowest BCUT2D eigenvalue weighted by Gasteiger charge is -2.16. The van der Waals surface area contributed by atoms with Crippen molar-refractivity contribution in [3.05, 3.63) is 17.7 Å². The number of anilines is 2. The maximum Gasteiger partial charge on any atom is 0.168 e. The Hall–Kier alpha value is -1.39. The number of nitrogens with one attached hydrogen (secondary N) is 1. The van der Waals surface area contributed by atoms with E-state index in [0.29, 0.717) is 18.4 Å². The number of nitrogen functional groups attached to an aromatic ring is 1. The van der Waals surface area contributed by atoms with Gasteiger partial charge in [-0.25, -0.2) is 13.8 Å². The van der Waals surface area contributed by atoms with E-state index in [9.17, 15) is 8.78 Å². The summed E-state index contributed by atoms with van der Waals surface area (Å²) < 4.78 is 26.1. The molecule has 5 heteroatoms. The van der Waals surface area contributed by atoms with E-state index >= 15 is 0 Å². The van der Waals surface area contributed by atoms with Crippen LogP contribution in [0.3, 0.4) is 0 Å². The Labute approximate surface area is 94.1 Å². The normalized spacial score (nSPS) is 12.9. The molecule has 0 aromatic carbocycles. The molecule has 3 N–H and O–H groups in total. The highest BCUT2D eigenvalue weighted by molar-refractivity contribution is 5.44. The fourth-order valence-corrected chi connectivity index (χ4v) is 1.10. The molecule has 1 aromatic rings. The predicted molar refractivity (Wildman–Crippen MR) is 61.1 cm³/mol. The van der Waals surface area contributed by atoms with Gasteiger partial charge >= 0.3 is 0 Å². The topological polar surface area (TPSA) is 50.9 Å². The molecule has 0 aliphatic rings. The standard InChI is InChI=1S/C11H17F2N3/c1-6(2)7(3)5-15-11-9(13)4-8(12)10(14)16-11/h4,6-7H,5H2,1-3H3,(H3,14,15,16). The molecular weight excluding hydrogens is 212 g/mol. The molecule has 0 saturated carbocycles. The minimum atomic E-state index is -0.833. The van der Waals surface area contributed by atoms with Gasteiger partial charge in [0, 0.05) is 12.6 Å². The Morgan fingerprint density at radius 1 is 1.31 bits per heavy atom. The second-order valence-electron chi connectivity index (χ2n) is 4.29. The number of nitrogens with two attached hydrogens (primary N) is 1. The van der Waals surface area contributed by atoms with Crippen molar-refractivity contribution in [1.82, 2.24) is 4.98 Å². The maximum atomic E-state index is 13.3. The molecule has 90 valence electrons. The summed E-state index contributed by atoms with van der Waals surface area (Å²) in [5.41, 5.74) is 5.26. The summed E-state index contributed by atoms with van der Waals surface area (Å²) in [7, 11) is 0. The van der Waals surface area contributed by atoms with Crippen molar-refractivity contribution in [2.75, 3.05) is 17.6 Å². The zero-order valence-electron chi connectivity index (χ0n) is 9.72. The average molecular weight is 229 g/mol. The second kappa shape index (κ2) is 5.09. The number of halogens is 2. The van der Waals surface area contributed by atoms with Crippen LogP contribution in [-0.2, 0) is 0 Å². The van der Waals surface area contributed by atoms with E-state index in [0.717, 1.165) is 6.07 Å². The lowest BCUT2D eigenvalue weighted by atomic mass is 9.98. The Bertz CT molecular complexity index is 366. The highest BCUT2D eigenvalue weighted by Crippen LogP contribution is 2.18. The van der Waals surface area contributed by atoms with E-state index in [-0.39, 0.29) is 11.6 Å². The first-order chi connectivity index (χ1) is 7.41. The van der Waals surface area contributed by atoms with Gasteiger partial charge in [-0.1, -0.05) is 20.8 Å². The van der Waals surface area contributed by atoms with Crippen LogP contribution in [-0.4, -0.2) is 11.5 Å². The van der Waals surface area contributed by atoms with Gasteiger partial charge in [-0.2, -0.15) is 0 Å². The van der Waals surface area contributed by atoms with Crippen LogP contribution in [0.15, 0.2) is 6.07 Å². The number of pyridine rings is 1. The minimum absolute atomic E-state index is 0.00593. The van der Waals surface area contributed by atoms with Crippen molar-refractivity contribution in [3.63, 3.8) is 0 Å². The number of aromatic nitrogens is 1. The Balaban J connectivity index is 2.71. The Kier molecular flexibility index (Phi) is 4.04. The average Bonchev–Trinajstić information content (AvgIpc) is 2.20. The van der Waals surface area contributed by atoms with Gasteiger partial charge in [-0.05, 0) is 11.8 Å². The molecule has 0 amide bonds. The zero-order valence-corrected chi connectivity index (χ0v) is 9.72. The summed E-state index contributed by atoms with van der Waals surface area (Å²) in [6, 6.07) is 0.741. The van der Waals surface area contributed by atoms with Crippen LogP contribution in [0.5, 0.6) is 0 Å². The van der Waals surface area contributed by atoms with Crippen molar-refractivity contribution in [2.24, 2.45) is 11.8 Å². The maximum absolute atomic E-state index is 13.3. The smallest absolute Gasteiger partial charge is 0.168 e. The van der Waals surface area contributed by atoms with Crippen molar-refractivity contribution in [2.45, 2.75) is 20.8 Å². The lowest BCUT2D eigenvalue weighted by Crippen LogP contribution is -2.18. The third-order valence-electron chi connectivity index (χ3n) is 2.69. The van der Waals surface area contributed by atoms with Gasteiger partial charge in [0.2, 0.25) is 0 Å². The van der Waals surface area contributed by atoms with Gasteiger partial charge in [0.1, 0.15) is 0 Å². The first-order valence-electron chi connectivity index (χ1n) is 5.27. The van der Waals surface area contributed by atoms with Crippen molar-refractivity contribution in [3.8, 4) is 0 Å². The SMILES string of the molecule is CC(C)C(C)CNc1nc(N)c(F)cc1F. The van der Waals surface area contributed by atoms with Crippen LogP contribution in [0.1, 0.15) is 20.8 Å². The van der Waals surface area contributed by atoms with E-state index in [4.69, 9.17) is 5.73 Å². The van der Waals surface area contributed by atoms with Crippen LogP contribution < -0.4 is 11.1 Å². The Morgan fingerprint density at radius 2 is 1.94 bits per heavy atom. The largest absolute Gasteiger partial charge is 0.381 e. The van der Waals surface area contributed by atoms with Gasteiger partial charge in [0.15, 0.2) is 23.3 Å². The molecule has 0 aliphatic carbocycles. The first kappa shape index (κ1) is 12.7. The van der Waals surface area contributed by atoms with E-state index in [1.165, 1.54) is 0 Å². The number of rotatable bonds is 4. The molecule has 0 fully saturated rings. The second-order valence-corrected chi connectivity index (χ2v) is 4.29. The predicted octanol–water partition coefficient (Wildman–Crippen LogP) is 2.65. The van der Waals surface area contributed by atoms with E-state index < -0.39 is 11.6 Å². The van der Waals surface area contributed by atoms with Gasteiger partial charge in [-0.3, -0.25) is 0 Å². The van der Waals surface area contributed by atoms with Crippen LogP contribution in [0.2, 0.25) is 0 Å². The molecule has 0 bridgehead atoms. The summed E-state index contributed by atoms with van der Waals surface area (Å²) in [5.74, 6) is -0.990. The first-order valence-corrected chi connectivity index (χ1v) is 5.27. The quantitative estimate of drug-likeness (QED) is 0.834. The molecular formula is C11H17F2N3. The summed E-state index contributed by atoms with van der Waals surface area (Å²) in [6.07, 6.45) is 0. The van der Waals surface area contributed by atoms with Crippen LogP contribution >= 0.6 is 0 Å². The molecule has 0 saturated heterocycles. The molecule has 0 radical (unpaired) electrons. The van der Waals surface area contributed by atoms with E-state index in [2.05, 4.69) is 24.1 Å². The van der Waals surface area contributed by atoms with Crippen molar-refractivity contribution in [1.29, 1.82) is 0 Å². The highest BCUT2D eigenvalue weighted by atomic mass is 19.1. The fourth-order valence-electron chi connectivity index (χ4n) is 1.10. The number of hydrogen-bond donors (Lipinski definition) is 2. The molecule has 0 aliphatic heterocycles. The monoisotopic (exact) mass is 229 g/mol. The zero-order chi connectivity index (χ0) is 12.3. The van der Waals surface area contributed by atoms with Gasteiger partial charge in [0.25, 0.3) is 0 Å². The summed E-state index contributed by atoms with van der Waals surface area (Å²) in [6.45, 7) is 6.78. The van der Waals surface area contributed by atoms with Crippen LogP contribution in [0, 0.1) is 23.5 Å². The molecule has 1 aromatic heterocycles. The third-order valence-corrected chi connectivity index (χ3v) is 2.69. The van der Waals surface area contributed by atoms with Crippen LogP contribution in [0.4, 0.5) is 20.4 Å². The minimum Gasteiger partial charge on any atom is -0.381 e. The fraction of sp³-hybridized carbons (Fsp3) is 0.545. The molecule has 1 rings (SSSR count). The highest BCUT2D eigenvalue weighted by Gasteiger charge is 2.12. The Morgan fingerprint density at radius 3 is 2.50 bits per heavy atom. The summed E-state index contributed by atoms with van der Waals surface area (Å²) in [5, 5.41) is 2.83. The van der Waals surface area contributed by atoms with Gasteiger partial charge < -0.3 is 11.1 Å².